The van der Waals surface area contributed by atoms with Crippen LogP contribution in [0.25, 0.3) is 0 Å². The monoisotopic (exact) mass is 317 g/mol. The number of methoxy groups -OCH3 is 1. The van der Waals surface area contributed by atoms with Gasteiger partial charge < -0.3 is 15.2 Å². The minimum Gasteiger partial charge on any atom is -0.503 e. The van der Waals surface area contributed by atoms with Crippen molar-refractivity contribution in [2.45, 2.75) is 12.3 Å². The number of hydrogen-bond donors (Lipinski definition) is 2. The highest BCUT2D eigenvalue weighted by Crippen LogP contribution is 2.40. The van der Waals surface area contributed by atoms with Crippen LogP contribution >= 0.6 is 27.7 Å². The van der Waals surface area contributed by atoms with E-state index in [0.29, 0.717) is 16.1 Å². The lowest BCUT2D eigenvalue weighted by molar-refractivity contribution is 0.371. The molecule has 94 valence electrons. The maximum atomic E-state index is 9.76. The van der Waals surface area contributed by atoms with Gasteiger partial charge in [-0.05, 0) is 51.8 Å². The van der Waals surface area contributed by atoms with Crippen molar-refractivity contribution >= 4 is 27.7 Å². The van der Waals surface area contributed by atoms with E-state index in [1.807, 2.05) is 23.9 Å². The Morgan fingerprint density at radius 3 is 2.88 bits per heavy atom. The second kappa shape index (κ2) is 5.50. The maximum absolute atomic E-state index is 9.76. The van der Waals surface area contributed by atoms with Gasteiger partial charge >= 0.3 is 0 Å². The molecule has 2 unspecified atom stereocenters. The van der Waals surface area contributed by atoms with Crippen LogP contribution in [0.15, 0.2) is 16.6 Å². The molecule has 0 saturated carbocycles. The predicted molar refractivity (Wildman–Crippen MR) is 74.7 cm³/mol. The van der Waals surface area contributed by atoms with Crippen LogP contribution in [0.1, 0.15) is 17.9 Å². The average molecular weight is 318 g/mol. The first kappa shape index (κ1) is 13.1. The van der Waals surface area contributed by atoms with E-state index < -0.39 is 0 Å². The molecule has 5 heteroatoms. The Hall–Kier alpha value is -0.390. The summed E-state index contributed by atoms with van der Waals surface area (Å²) in [4.78, 5) is 0. The number of hydrogen-bond acceptors (Lipinski definition) is 4. The standard InChI is InChI=1S/C12H16BrNO2S/c1-7-5-14-12(17-6-7)8-3-9(13)11(15)10(4-8)16-2/h3-4,7,12,14-15H,5-6H2,1-2H3. The Kier molecular flexibility index (Phi) is 4.22. The number of phenolic OH excluding ortho intramolecular Hbond substituents is 1. The van der Waals surface area contributed by atoms with Crippen molar-refractivity contribution in [2.75, 3.05) is 19.4 Å². The Morgan fingerprint density at radius 2 is 2.29 bits per heavy atom. The molecule has 1 aliphatic rings. The van der Waals surface area contributed by atoms with Crippen LogP contribution in [0.4, 0.5) is 0 Å². The quantitative estimate of drug-likeness (QED) is 0.879. The molecule has 3 nitrogen and oxygen atoms in total. The van der Waals surface area contributed by atoms with Crippen molar-refractivity contribution in [2.24, 2.45) is 5.92 Å². The molecule has 1 fully saturated rings. The molecular formula is C12H16BrNO2S. The Morgan fingerprint density at radius 1 is 1.53 bits per heavy atom. The van der Waals surface area contributed by atoms with E-state index in [2.05, 4.69) is 28.2 Å². The minimum absolute atomic E-state index is 0.158. The molecule has 0 aliphatic carbocycles. The Bertz CT molecular complexity index is 406. The summed E-state index contributed by atoms with van der Waals surface area (Å²) in [6.45, 7) is 3.27. The summed E-state index contributed by atoms with van der Waals surface area (Å²) < 4.78 is 5.84. The number of thioether (sulfide) groups is 1. The molecule has 1 aliphatic heterocycles. The molecule has 17 heavy (non-hydrogen) atoms. The first-order valence-corrected chi connectivity index (χ1v) is 7.37. The molecule has 0 spiro atoms. The minimum atomic E-state index is 0.158. The van der Waals surface area contributed by atoms with E-state index >= 15 is 0 Å². The van der Waals surface area contributed by atoms with Crippen LogP contribution in [0.2, 0.25) is 0 Å². The maximum Gasteiger partial charge on any atom is 0.172 e. The number of rotatable bonds is 2. The van der Waals surface area contributed by atoms with E-state index in [1.54, 1.807) is 7.11 Å². The van der Waals surface area contributed by atoms with Gasteiger partial charge in [0, 0.05) is 0 Å². The van der Waals surface area contributed by atoms with Gasteiger partial charge in [-0.25, -0.2) is 0 Å². The van der Waals surface area contributed by atoms with Gasteiger partial charge in [-0.15, -0.1) is 11.8 Å². The predicted octanol–water partition coefficient (Wildman–Crippen LogP) is 3.13. The van der Waals surface area contributed by atoms with Gasteiger partial charge in [0.1, 0.15) is 0 Å². The SMILES string of the molecule is COc1cc(C2NCC(C)CS2)cc(Br)c1O. The summed E-state index contributed by atoms with van der Waals surface area (Å²) in [6, 6.07) is 3.83. The highest BCUT2D eigenvalue weighted by Gasteiger charge is 2.21. The number of nitrogens with one attached hydrogen (secondary N) is 1. The molecule has 0 amide bonds. The summed E-state index contributed by atoms with van der Waals surface area (Å²) in [6.07, 6.45) is 0. The van der Waals surface area contributed by atoms with Gasteiger partial charge in [0.05, 0.1) is 17.0 Å². The van der Waals surface area contributed by atoms with E-state index in [9.17, 15) is 5.11 Å². The molecule has 1 heterocycles. The summed E-state index contributed by atoms with van der Waals surface area (Å²) in [7, 11) is 1.56. The second-order valence-electron chi connectivity index (χ2n) is 4.28. The molecule has 0 radical (unpaired) electrons. The first-order chi connectivity index (χ1) is 8.11. The van der Waals surface area contributed by atoms with E-state index in [1.165, 1.54) is 0 Å². The largest absolute Gasteiger partial charge is 0.503 e. The van der Waals surface area contributed by atoms with Gasteiger partial charge in [-0.2, -0.15) is 0 Å². The van der Waals surface area contributed by atoms with Crippen molar-refractivity contribution in [3.8, 4) is 11.5 Å². The number of halogens is 1. The number of benzene rings is 1. The molecular weight excluding hydrogens is 302 g/mol. The number of ether oxygens (including phenoxy) is 1. The van der Waals surface area contributed by atoms with Crippen molar-refractivity contribution in [1.29, 1.82) is 0 Å². The van der Waals surface area contributed by atoms with Crippen LogP contribution in [0.3, 0.4) is 0 Å². The van der Waals surface area contributed by atoms with Gasteiger partial charge in [-0.1, -0.05) is 6.92 Å². The molecule has 0 aromatic heterocycles. The molecule has 2 N–H and O–H groups in total. The summed E-state index contributed by atoms with van der Waals surface area (Å²) >= 11 is 5.24. The number of phenols is 1. The van der Waals surface area contributed by atoms with Crippen molar-refractivity contribution in [3.63, 3.8) is 0 Å². The lowest BCUT2D eigenvalue weighted by Gasteiger charge is -2.28. The van der Waals surface area contributed by atoms with Gasteiger partial charge in [0.2, 0.25) is 0 Å². The molecule has 1 saturated heterocycles. The van der Waals surface area contributed by atoms with E-state index in [0.717, 1.165) is 17.9 Å². The van der Waals surface area contributed by atoms with E-state index in [-0.39, 0.29) is 11.1 Å². The van der Waals surface area contributed by atoms with Crippen LogP contribution in [-0.2, 0) is 0 Å². The normalized spacial score (nSPS) is 24.6. The fourth-order valence-electron chi connectivity index (χ4n) is 1.80. The van der Waals surface area contributed by atoms with E-state index in [4.69, 9.17) is 4.74 Å². The lowest BCUT2D eigenvalue weighted by Crippen LogP contribution is -2.31. The molecule has 2 rings (SSSR count). The zero-order valence-electron chi connectivity index (χ0n) is 9.87. The summed E-state index contributed by atoms with van der Waals surface area (Å²) in [5.74, 6) is 2.53. The van der Waals surface area contributed by atoms with Crippen molar-refractivity contribution in [3.05, 3.63) is 22.2 Å². The highest BCUT2D eigenvalue weighted by atomic mass is 79.9. The Labute approximate surface area is 114 Å². The zero-order valence-corrected chi connectivity index (χ0v) is 12.3. The number of aromatic hydroxyl groups is 1. The van der Waals surface area contributed by atoms with Gasteiger partial charge in [0.15, 0.2) is 11.5 Å². The third-order valence-corrected chi connectivity index (χ3v) is 4.91. The fourth-order valence-corrected chi connectivity index (χ4v) is 3.44. The van der Waals surface area contributed by atoms with Crippen LogP contribution < -0.4 is 10.1 Å². The average Bonchev–Trinajstić information content (AvgIpc) is 2.33. The van der Waals surface area contributed by atoms with Crippen LogP contribution in [-0.4, -0.2) is 24.5 Å². The molecule has 1 aromatic rings. The third-order valence-electron chi connectivity index (χ3n) is 2.77. The van der Waals surface area contributed by atoms with Crippen molar-refractivity contribution < 1.29 is 9.84 Å². The molecule has 1 aromatic carbocycles. The Balaban J connectivity index is 2.24. The summed E-state index contributed by atoms with van der Waals surface area (Å²) in [5, 5.41) is 13.5. The second-order valence-corrected chi connectivity index (χ2v) is 6.27. The molecule has 2 atom stereocenters. The topological polar surface area (TPSA) is 41.5 Å². The van der Waals surface area contributed by atoms with Crippen molar-refractivity contribution in [1.82, 2.24) is 5.32 Å². The third kappa shape index (κ3) is 2.89. The highest BCUT2D eigenvalue weighted by molar-refractivity contribution is 9.10. The van der Waals surface area contributed by atoms with Crippen LogP contribution in [0, 0.1) is 5.92 Å². The summed E-state index contributed by atoms with van der Waals surface area (Å²) in [5.41, 5.74) is 1.13. The zero-order chi connectivity index (χ0) is 12.4. The first-order valence-electron chi connectivity index (χ1n) is 5.53. The fraction of sp³-hybridized carbons (Fsp3) is 0.500. The smallest absolute Gasteiger partial charge is 0.172 e. The molecule has 0 bridgehead atoms. The van der Waals surface area contributed by atoms with Gasteiger partial charge in [-0.3, -0.25) is 0 Å². The van der Waals surface area contributed by atoms with Gasteiger partial charge in [0.25, 0.3) is 0 Å². The van der Waals surface area contributed by atoms with Crippen LogP contribution in [0.5, 0.6) is 11.5 Å². The lowest BCUT2D eigenvalue weighted by atomic mass is 10.1.